The fourth-order valence-corrected chi connectivity index (χ4v) is 2.27. The second kappa shape index (κ2) is 6.93. The Labute approximate surface area is 126 Å². The van der Waals surface area contributed by atoms with Crippen molar-refractivity contribution in [3.8, 4) is 5.75 Å². The first-order valence-corrected chi connectivity index (χ1v) is 7.12. The molecule has 110 valence electrons. The van der Waals surface area contributed by atoms with Crippen molar-refractivity contribution in [2.45, 2.75) is 20.8 Å². The van der Waals surface area contributed by atoms with E-state index in [1.54, 1.807) is 0 Å². The Hall–Kier alpha value is -2.29. The minimum absolute atomic E-state index is 0.0572. The van der Waals surface area contributed by atoms with Crippen LogP contribution in [0.1, 0.15) is 27.0 Å². The summed E-state index contributed by atoms with van der Waals surface area (Å²) in [6, 6.07) is 13.6. The quantitative estimate of drug-likeness (QED) is 0.854. The average molecular weight is 283 g/mol. The van der Waals surface area contributed by atoms with E-state index in [2.05, 4.69) is 5.32 Å². The highest BCUT2D eigenvalue weighted by Crippen LogP contribution is 2.21. The van der Waals surface area contributed by atoms with Crippen LogP contribution < -0.4 is 10.1 Å². The Kier molecular flexibility index (Phi) is 4.99. The molecular weight excluding hydrogens is 262 g/mol. The van der Waals surface area contributed by atoms with Gasteiger partial charge in [-0.3, -0.25) is 4.79 Å². The zero-order chi connectivity index (χ0) is 15.2. The second-order valence-corrected chi connectivity index (χ2v) is 5.14. The van der Waals surface area contributed by atoms with E-state index in [4.69, 9.17) is 4.74 Å². The summed E-state index contributed by atoms with van der Waals surface area (Å²) in [4.78, 5) is 12.0. The Balaban J connectivity index is 1.85. The largest absolute Gasteiger partial charge is 0.491 e. The normalized spacial score (nSPS) is 10.2. The van der Waals surface area contributed by atoms with E-state index >= 15 is 0 Å². The molecule has 3 heteroatoms. The summed E-state index contributed by atoms with van der Waals surface area (Å²) in [5.74, 6) is 0.848. The molecule has 3 nitrogen and oxygen atoms in total. The molecule has 0 aliphatic carbocycles. The van der Waals surface area contributed by atoms with Gasteiger partial charge in [0, 0.05) is 5.56 Å². The zero-order valence-corrected chi connectivity index (χ0v) is 12.8. The molecule has 0 bridgehead atoms. The molecule has 0 saturated heterocycles. The van der Waals surface area contributed by atoms with E-state index in [9.17, 15) is 4.79 Å². The third-order valence-corrected chi connectivity index (χ3v) is 3.43. The van der Waals surface area contributed by atoms with Crippen molar-refractivity contribution in [3.05, 3.63) is 64.7 Å². The molecule has 0 heterocycles. The van der Waals surface area contributed by atoms with Crippen LogP contribution in [0.25, 0.3) is 0 Å². The molecule has 0 aromatic heterocycles. The predicted molar refractivity (Wildman–Crippen MR) is 84.9 cm³/mol. The van der Waals surface area contributed by atoms with Crippen molar-refractivity contribution in [2.75, 3.05) is 13.2 Å². The lowest BCUT2D eigenvalue weighted by atomic mass is 10.1. The third-order valence-electron chi connectivity index (χ3n) is 3.43. The van der Waals surface area contributed by atoms with Crippen molar-refractivity contribution < 1.29 is 9.53 Å². The molecule has 0 unspecified atom stereocenters. The SMILES string of the molecule is Cc1ccccc1C(=O)NCCOc1c(C)cccc1C. The molecule has 0 atom stereocenters. The Morgan fingerprint density at radius 2 is 1.57 bits per heavy atom. The molecule has 1 N–H and O–H groups in total. The molecule has 2 aromatic rings. The highest BCUT2D eigenvalue weighted by atomic mass is 16.5. The number of aryl methyl sites for hydroxylation is 3. The number of hydrogen-bond donors (Lipinski definition) is 1. The second-order valence-electron chi connectivity index (χ2n) is 5.14. The van der Waals surface area contributed by atoms with Gasteiger partial charge in [-0.05, 0) is 43.5 Å². The van der Waals surface area contributed by atoms with Crippen LogP contribution in [0.3, 0.4) is 0 Å². The molecule has 2 aromatic carbocycles. The van der Waals surface area contributed by atoms with Crippen molar-refractivity contribution in [2.24, 2.45) is 0 Å². The van der Waals surface area contributed by atoms with Gasteiger partial charge in [0.25, 0.3) is 5.91 Å². The smallest absolute Gasteiger partial charge is 0.251 e. The van der Waals surface area contributed by atoms with E-state index < -0.39 is 0 Å². The van der Waals surface area contributed by atoms with E-state index in [1.807, 2.05) is 63.2 Å². The van der Waals surface area contributed by atoms with Crippen molar-refractivity contribution in [1.29, 1.82) is 0 Å². The van der Waals surface area contributed by atoms with E-state index in [0.717, 1.165) is 22.4 Å². The highest BCUT2D eigenvalue weighted by Gasteiger charge is 2.07. The van der Waals surface area contributed by atoms with Crippen LogP contribution >= 0.6 is 0 Å². The summed E-state index contributed by atoms with van der Waals surface area (Å²) in [6.45, 7) is 6.93. The number of nitrogens with one attached hydrogen (secondary N) is 1. The Bertz CT molecular complexity index is 615. The van der Waals surface area contributed by atoms with Crippen LogP contribution in [0.4, 0.5) is 0 Å². The fourth-order valence-electron chi connectivity index (χ4n) is 2.27. The standard InChI is InChI=1S/C18H21NO2/c1-13-7-4-5-10-16(13)18(20)19-11-12-21-17-14(2)8-6-9-15(17)3/h4-10H,11-12H2,1-3H3,(H,19,20). The van der Waals surface area contributed by atoms with Gasteiger partial charge >= 0.3 is 0 Å². The monoisotopic (exact) mass is 283 g/mol. The summed E-state index contributed by atoms with van der Waals surface area (Å²) in [7, 11) is 0. The van der Waals surface area contributed by atoms with Gasteiger partial charge in [-0.15, -0.1) is 0 Å². The molecule has 0 radical (unpaired) electrons. The van der Waals surface area contributed by atoms with Crippen molar-refractivity contribution in [1.82, 2.24) is 5.32 Å². The number of benzene rings is 2. The van der Waals surface area contributed by atoms with Gasteiger partial charge in [0.1, 0.15) is 12.4 Å². The van der Waals surface area contributed by atoms with Gasteiger partial charge in [-0.1, -0.05) is 36.4 Å². The van der Waals surface area contributed by atoms with Crippen LogP contribution in [-0.2, 0) is 0 Å². The van der Waals surface area contributed by atoms with Crippen LogP contribution in [0.15, 0.2) is 42.5 Å². The number of rotatable bonds is 5. The molecule has 21 heavy (non-hydrogen) atoms. The molecule has 0 aliphatic rings. The van der Waals surface area contributed by atoms with Gasteiger partial charge in [0.2, 0.25) is 0 Å². The lowest BCUT2D eigenvalue weighted by Crippen LogP contribution is -2.28. The number of amides is 1. The molecule has 1 amide bonds. The zero-order valence-electron chi connectivity index (χ0n) is 12.8. The Morgan fingerprint density at radius 1 is 0.952 bits per heavy atom. The van der Waals surface area contributed by atoms with Crippen LogP contribution in [0.5, 0.6) is 5.75 Å². The van der Waals surface area contributed by atoms with Crippen molar-refractivity contribution in [3.63, 3.8) is 0 Å². The minimum atomic E-state index is -0.0572. The third kappa shape index (κ3) is 3.85. The summed E-state index contributed by atoms with van der Waals surface area (Å²) < 4.78 is 5.77. The number of carbonyl (C=O) groups is 1. The molecule has 2 rings (SSSR count). The molecule has 0 saturated carbocycles. The summed E-state index contributed by atoms with van der Waals surface area (Å²) >= 11 is 0. The molecule has 0 fully saturated rings. The maximum Gasteiger partial charge on any atom is 0.251 e. The summed E-state index contributed by atoms with van der Waals surface area (Å²) in [5, 5.41) is 2.89. The maximum atomic E-state index is 12.0. The maximum absolute atomic E-state index is 12.0. The summed E-state index contributed by atoms with van der Waals surface area (Å²) in [5.41, 5.74) is 3.91. The van der Waals surface area contributed by atoms with E-state index in [1.165, 1.54) is 0 Å². The first-order chi connectivity index (χ1) is 10.1. The predicted octanol–water partition coefficient (Wildman–Crippen LogP) is 3.42. The van der Waals surface area contributed by atoms with Crippen molar-refractivity contribution >= 4 is 5.91 Å². The number of hydrogen-bond acceptors (Lipinski definition) is 2. The van der Waals surface area contributed by atoms with Crippen LogP contribution in [-0.4, -0.2) is 19.1 Å². The van der Waals surface area contributed by atoms with E-state index in [-0.39, 0.29) is 5.91 Å². The number of para-hydroxylation sites is 1. The molecular formula is C18H21NO2. The van der Waals surface area contributed by atoms with Gasteiger partial charge in [0.05, 0.1) is 6.54 Å². The first kappa shape index (κ1) is 15.1. The lowest BCUT2D eigenvalue weighted by Gasteiger charge is -2.12. The van der Waals surface area contributed by atoms with Gasteiger partial charge in [0.15, 0.2) is 0 Å². The van der Waals surface area contributed by atoms with Gasteiger partial charge < -0.3 is 10.1 Å². The Morgan fingerprint density at radius 3 is 2.24 bits per heavy atom. The average Bonchev–Trinajstić information content (AvgIpc) is 2.46. The molecule has 0 aliphatic heterocycles. The highest BCUT2D eigenvalue weighted by molar-refractivity contribution is 5.95. The lowest BCUT2D eigenvalue weighted by molar-refractivity contribution is 0.0946. The summed E-state index contributed by atoms with van der Waals surface area (Å²) in [6.07, 6.45) is 0. The molecule has 0 spiro atoms. The fraction of sp³-hybridized carbons (Fsp3) is 0.278. The van der Waals surface area contributed by atoms with Gasteiger partial charge in [-0.25, -0.2) is 0 Å². The van der Waals surface area contributed by atoms with Crippen LogP contribution in [0.2, 0.25) is 0 Å². The number of carbonyl (C=O) groups excluding carboxylic acids is 1. The van der Waals surface area contributed by atoms with Crippen LogP contribution in [0, 0.1) is 20.8 Å². The van der Waals surface area contributed by atoms with Gasteiger partial charge in [-0.2, -0.15) is 0 Å². The number of ether oxygens (including phenoxy) is 1. The minimum Gasteiger partial charge on any atom is -0.491 e. The topological polar surface area (TPSA) is 38.3 Å². The first-order valence-electron chi connectivity index (χ1n) is 7.12. The van der Waals surface area contributed by atoms with E-state index in [0.29, 0.717) is 18.7 Å².